The molecule has 1 amide bonds. The predicted octanol–water partition coefficient (Wildman–Crippen LogP) is 4.02. The molecule has 0 aliphatic carbocycles. The zero-order valence-electron chi connectivity index (χ0n) is 16.0. The van der Waals surface area contributed by atoms with Crippen LogP contribution in [-0.4, -0.2) is 36.2 Å². The van der Waals surface area contributed by atoms with E-state index in [1.165, 1.54) is 0 Å². The Bertz CT molecular complexity index is 1170. The maximum atomic E-state index is 11.7. The van der Waals surface area contributed by atoms with Crippen molar-refractivity contribution in [1.29, 1.82) is 0 Å². The number of amides is 1. The van der Waals surface area contributed by atoms with Gasteiger partial charge in [-0.2, -0.15) is 0 Å². The van der Waals surface area contributed by atoms with Crippen LogP contribution in [0.3, 0.4) is 0 Å². The fourth-order valence-electron chi connectivity index (χ4n) is 3.26. The second kappa shape index (κ2) is 8.16. The molecule has 2 aromatic heterocycles. The monoisotopic (exact) mass is 387 g/mol. The first kappa shape index (κ1) is 18.7. The molecule has 6 heteroatoms. The van der Waals surface area contributed by atoms with E-state index >= 15 is 0 Å². The molecule has 0 atom stereocenters. The summed E-state index contributed by atoms with van der Waals surface area (Å²) in [7, 11) is 1.65. The van der Waals surface area contributed by atoms with Gasteiger partial charge in [0, 0.05) is 41.1 Å². The number of pyridine rings is 1. The lowest BCUT2D eigenvalue weighted by atomic mass is 10.00. The summed E-state index contributed by atoms with van der Waals surface area (Å²) in [5.74, 6) is 0.322. The average Bonchev–Trinajstić information content (AvgIpc) is 3.17. The molecular weight excluding hydrogens is 366 g/mol. The van der Waals surface area contributed by atoms with Crippen molar-refractivity contribution in [3.8, 4) is 28.1 Å². The summed E-state index contributed by atoms with van der Waals surface area (Å²) >= 11 is 0. The summed E-state index contributed by atoms with van der Waals surface area (Å²) in [6, 6.07) is 19.2. The van der Waals surface area contributed by atoms with E-state index in [0.717, 1.165) is 39.2 Å². The molecule has 2 heterocycles. The van der Waals surface area contributed by atoms with Crippen molar-refractivity contribution >= 4 is 16.9 Å². The lowest BCUT2D eigenvalue weighted by molar-refractivity contribution is 0.100. The third-order valence-corrected chi connectivity index (χ3v) is 4.67. The van der Waals surface area contributed by atoms with Crippen LogP contribution in [0.1, 0.15) is 10.4 Å². The highest BCUT2D eigenvalue weighted by molar-refractivity contribution is 6.00. The number of fused-ring (bicyclic) bond motifs is 1. The number of aromatic nitrogens is 2. The first-order valence-corrected chi connectivity index (χ1v) is 9.26. The Morgan fingerprint density at radius 1 is 1.03 bits per heavy atom. The summed E-state index contributed by atoms with van der Waals surface area (Å²) in [4.78, 5) is 19.6. The van der Waals surface area contributed by atoms with Crippen LogP contribution in [0.15, 0.2) is 66.9 Å². The Hall–Kier alpha value is -3.64. The van der Waals surface area contributed by atoms with Gasteiger partial charge < -0.3 is 20.2 Å². The molecule has 146 valence electrons. The number of methoxy groups -OCH3 is 1. The van der Waals surface area contributed by atoms with Gasteiger partial charge in [0.1, 0.15) is 18.0 Å². The lowest BCUT2D eigenvalue weighted by Crippen LogP contribution is -2.12. The van der Waals surface area contributed by atoms with E-state index in [0.29, 0.717) is 18.8 Å². The number of aromatic amines is 1. The molecular formula is C23H21N3O3. The molecule has 0 saturated heterocycles. The third-order valence-electron chi connectivity index (χ3n) is 4.67. The van der Waals surface area contributed by atoms with Crippen molar-refractivity contribution in [2.24, 2.45) is 5.73 Å². The highest BCUT2D eigenvalue weighted by atomic mass is 16.5. The molecule has 0 bridgehead atoms. The summed E-state index contributed by atoms with van der Waals surface area (Å²) in [5.41, 5.74) is 10.3. The summed E-state index contributed by atoms with van der Waals surface area (Å²) in [6.45, 7) is 1.03. The van der Waals surface area contributed by atoms with Gasteiger partial charge in [-0.15, -0.1) is 0 Å². The van der Waals surface area contributed by atoms with Crippen molar-refractivity contribution in [3.63, 3.8) is 0 Å². The van der Waals surface area contributed by atoms with E-state index in [1.54, 1.807) is 25.4 Å². The highest BCUT2D eigenvalue weighted by Crippen LogP contribution is 2.30. The minimum atomic E-state index is -0.458. The minimum Gasteiger partial charge on any atom is -0.491 e. The van der Waals surface area contributed by atoms with E-state index in [9.17, 15) is 4.79 Å². The minimum absolute atomic E-state index is 0.458. The smallest absolute Gasteiger partial charge is 0.249 e. The first-order valence-electron chi connectivity index (χ1n) is 9.26. The Morgan fingerprint density at radius 2 is 1.90 bits per heavy atom. The molecule has 6 nitrogen and oxygen atoms in total. The number of carbonyl (C=O) groups excluding carboxylic acids is 1. The van der Waals surface area contributed by atoms with E-state index < -0.39 is 5.91 Å². The van der Waals surface area contributed by atoms with Gasteiger partial charge in [0.2, 0.25) is 5.91 Å². The molecule has 0 saturated carbocycles. The van der Waals surface area contributed by atoms with Crippen LogP contribution in [0.5, 0.6) is 5.75 Å². The maximum Gasteiger partial charge on any atom is 0.249 e. The quantitative estimate of drug-likeness (QED) is 0.469. The van der Waals surface area contributed by atoms with Gasteiger partial charge in [-0.3, -0.25) is 4.79 Å². The third kappa shape index (κ3) is 3.97. The van der Waals surface area contributed by atoms with Gasteiger partial charge in [0.05, 0.1) is 6.61 Å². The van der Waals surface area contributed by atoms with Crippen LogP contribution >= 0.6 is 0 Å². The number of nitrogens with zero attached hydrogens (tertiary/aromatic N) is 1. The number of carbonyl (C=O) groups is 1. The zero-order valence-corrected chi connectivity index (χ0v) is 16.0. The van der Waals surface area contributed by atoms with E-state index in [-0.39, 0.29) is 0 Å². The van der Waals surface area contributed by atoms with Crippen LogP contribution in [-0.2, 0) is 4.74 Å². The van der Waals surface area contributed by atoms with E-state index in [2.05, 4.69) is 9.97 Å². The Balaban J connectivity index is 1.68. The standard InChI is InChI=1S/C23H21N3O3/c1-28-9-10-29-18-6-4-5-15(12-18)21-13-16-11-17(14-25-23(16)26-21)19-7-2-3-8-20(19)22(24)27/h2-8,11-14H,9-10H2,1H3,(H2,24,27)(H,25,26). The molecule has 0 radical (unpaired) electrons. The van der Waals surface area contributed by atoms with Gasteiger partial charge in [-0.1, -0.05) is 30.3 Å². The molecule has 0 aliphatic heterocycles. The number of primary amides is 1. The average molecular weight is 387 g/mol. The molecule has 4 aromatic rings. The number of H-pyrrole nitrogens is 1. The van der Waals surface area contributed by atoms with Crippen LogP contribution in [0.2, 0.25) is 0 Å². The predicted molar refractivity (Wildman–Crippen MR) is 113 cm³/mol. The molecule has 3 N–H and O–H groups in total. The molecule has 29 heavy (non-hydrogen) atoms. The SMILES string of the molecule is COCCOc1cccc(-c2cc3cc(-c4ccccc4C(N)=O)cnc3[nH]2)c1. The summed E-state index contributed by atoms with van der Waals surface area (Å²) in [5, 5.41) is 0.947. The number of rotatable bonds is 7. The lowest BCUT2D eigenvalue weighted by Gasteiger charge is -2.06. The Kier molecular flexibility index (Phi) is 5.27. The second-order valence-electron chi connectivity index (χ2n) is 6.62. The molecule has 0 unspecified atom stereocenters. The fourth-order valence-corrected chi connectivity index (χ4v) is 3.26. The van der Waals surface area contributed by atoms with Crippen molar-refractivity contribution < 1.29 is 14.3 Å². The topological polar surface area (TPSA) is 90.2 Å². The zero-order chi connectivity index (χ0) is 20.2. The van der Waals surface area contributed by atoms with Crippen molar-refractivity contribution in [2.75, 3.05) is 20.3 Å². The van der Waals surface area contributed by atoms with Crippen molar-refractivity contribution in [2.45, 2.75) is 0 Å². The number of benzene rings is 2. The highest BCUT2D eigenvalue weighted by Gasteiger charge is 2.12. The normalized spacial score (nSPS) is 10.9. The van der Waals surface area contributed by atoms with Crippen LogP contribution < -0.4 is 10.5 Å². The van der Waals surface area contributed by atoms with E-state index in [4.69, 9.17) is 15.2 Å². The van der Waals surface area contributed by atoms with Crippen molar-refractivity contribution in [3.05, 3.63) is 72.4 Å². The molecule has 0 fully saturated rings. The van der Waals surface area contributed by atoms with E-state index in [1.807, 2.05) is 48.5 Å². The van der Waals surface area contributed by atoms with Gasteiger partial charge in [0.25, 0.3) is 0 Å². The van der Waals surface area contributed by atoms with Gasteiger partial charge in [-0.05, 0) is 35.9 Å². The molecule has 0 spiro atoms. The van der Waals surface area contributed by atoms with Crippen LogP contribution in [0, 0.1) is 0 Å². The number of ether oxygens (including phenoxy) is 2. The number of nitrogens with one attached hydrogen (secondary N) is 1. The van der Waals surface area contributed by atoms with Crippen LogP contribution in [0.25, 0.3) is 33.4 Å². The van der Waals surface area contributed by atoms with Gasteiger partial charge in [0.15, 0.2) is 0 Å². The fraction of sp³-hybridized carbons (Fsp3) is 0.130. The number of nitrogens with two attached hydrogens (primary N) is 1. The van der Waals surface area contributed by atoms with Gasteiger partial charge in [-0.25, -0.2) is 4.98 Å². The first-order chi connectivity index (χ1) is 14.2. The summed E-state index contributed by atoms with van der Waals surface area (Å²) in [6.07, 6.45) is 1.74. The van der Waals surface area contributed by atoms with Crippen LogP contribution in [0.4, 0.5) is 0 Å². The maximum absolute atomic E-state index is 11.7. The Morgan fingerprint density at radius 3 is 2.72 bits per heavy atom. The van der Waals surface area contributed by atoms with Gasteiger partial charge >= 0.3 is 0 Å². The Labute approximate surface area is 168 Å². The molecule has 2 aromatic carbocycles. The summed E-state index contributed by atoms with van der Waals surface area (Å²) < 4.78 is 10.7. The molecule has 0 aliphatic rings. The number of hydrogen-bond acceptors (Lipinski definition) is 4. The largest absolute Gasteiger partial charge is 0.491 e. The molecule has 4 rings (SSSR count). The second-order valence-corrected chi connectivity index (χ2v) is 6.62. The number of hydrogen-bond donors (Lipinski definition) is 2. The van der Waals surface area contributed by atoms with Crippen molar-refractivity contribution in [1.82, 2.24) is 9.97 Å².